The number of phenolic OH excluding ortho intramolecular Hbond substituents is 1. The Labute approximate surface area is 172 Å². The monoisotopic (exact) mass is 401 g/mol. The summed E-state index contributed by atoms with van der Waals surface area (Å²) in [7, 11) is 1.47. The molecule has 0 bridgehead atoms. The Morgan fingerprint density at radius 2 is 1.83 bits per heavy atom. The third kappa shape index (κ3) is 4.00. The van der Waals surface area contributed by atoms with Crippen LogP contribution in [0.15, 0.2) is 82.7 Å². The lowest BCUT2D eigenvalue weighted by Crippen LogP contribution is -2.23. The van der Waals surface area contributed by atoms with Crippen LogP contribution in [0, 0.1) is 0 Å². The molecule has 30 heavy (non-hydrogen) atoms. The fourth-order valence-corrected chi connectivity index (χ4v) is 2.95. The third-order valence-corrected chi connectivity index (χ3v) is 4.46. The molecule has 150 valence electrons. The second kappa shape index (κ2) is 8.48. The molecule has 7 heteroatoms. The van der Waals surface area contributed by atoms with E-state index in [0.29, 0.717) is 33.8 Å². The van der Waals surface area contributed by atoms with Gasteiger partial charge in [-0.05, 0) is 48.0 Å². The molecule has 0 radical (unpaired) electrons. The SMILES string of the molecule is COc1cc(/C=N/n2c(COc3ccccc3)nc3ccccc3c2=O)ccc1O. The van der Waals surface area contributed by atoms with Crippen molar-refractivity contribution in [2.45, 2.75) is 6.61 Å². The molecule has 0 amide bonds. The molecule has 0 saturated carbocycles. The van der Waals surface area contributed by atoms with E-state index in [2.05, 4.69) is 10.1 Å². The molecule has 0 aliphatic heterocycles. The van der Waals surface area contributed by atoms with Crippen molar-refractivity contribution in [3.63, 3.8) is 0 Å². The molecule has 0 saturated heterocycles. The van der Waals surface area contributed by atoms with Crippen molar-refractivity contribution in [1.29, 1.82) is 0 Å². The Morgan fingerprint density at radius 1 is 1.07 bits per heavy atom. The number of methoxy groups -OCH3 is 1. The van der Waals surface area contributed by atoms with Gasteiger partial charge in [0, 0.05) is 0 Å². The molecule has 0 unspecified atom stereocenters. The maximum atomic E-state index is 13.0. The molecule has 0 aliphatic carbocycles. The summed E-state index contributed by atoms with van der Waals surface area (Å²) >= 11 is 0. The van der Waals surface area contributed by atoms with E-state index in [1.54, 1.807) is 30.3 Å². The smallest absolute Gasteiger partial charge is 0.282 e. The minimum absolute atomic E-state index is 0.0242. The van der Waals surface area contributed by atoms with E-state index in [4.69, 9.17) is 9.47 Å². The summed E-state index contributed by atoms with van der Waals surface area (Å²) in [6, 6.07) is 21.2. The van der Waals surface area contributed by atoms with Crippen molar-refractivity contribution in [2.75, 3.05) is 7.11 Å². The van der Waals surface area contributed by atoms with Crippen molar-refractivity contribution in [3.8, 4) is 17.2 Å². The first-order chi connectivity index (χ1) is 14.7. The summed E-state index contributed by atoms with van der Waals surface area (Å²) in [6.07, 6.45) is 1.51. The number of aromatic nitrogens is 2. The summed E-state index contributed by atoms with van der Waals surface area (Å²) in [5.41, 5.74) is 0.931. The van der Waals surface area contributed by atoms with Gasteiger partial charge in [-0.2, -0.15) is 9.78 Å². The highest BCUT2D eigenvalue weighted by Crippen LogP contribution is 2.25. The predicted molar refractivity (Wildman–Crippen MR) is 114 cm³/mol. The molecule has 7 nitrogen and oxygen atoms in total. The van der Waals surface area contributed by atoms with Crippen molar-refractivity contribution in [2.24, 2.45) is 5.10 Å². The largest absolute Gasteiger partial charge is 0.504 e. The summed E-state index contributed by atoms with van der Waals surface area (Å²) in [5.74, 6) is 1.37. The van der Waals surface area contributed by atoms with Crippen molar-refractivity contribution in [1.82, 2.24) is 9.66 Å². The normalized spacial score (nSPS) is 11.1. The molecule has 4 aromatic rings. The minimum atomic E-state index is -0.297. The maximum Gasteiger partial charge on any atom is 0.282 e. The predicted octanol–water partition coefficient (Wildman–Crippen LogP) is 3.57. The molecule has 3 aromatic carbocycles. The van der Waals surface area contributed by atoms with Crippen LogP contribution in [0.4, 0.5) is 0 Å². The number of benzene rings is 3. The number of para-hydroxylation sites is 2. The van der Waals surface area contributed by atoms with Gasteiger partial charge in [-0.3, -0.25) is 4.79 Å². The Hall–Kier alpha value is -4.13. The fourth-order valence-electron chi connectivity index (χ4n) is 2.95. The van der Waals surface area contributed by atoms with Crippen LogP contribution in [-0.2, 0) is 6.61 Å². The van der Waals surface area contributed by atoms with Gasteiger partial charge in [0.1, 0.15) is 12.4 Å². The lowest BCUT2D eigenvalue weighted by Gasteiger charge is -2.11. The van der Waals surface area contributed by atoms with Crippen molar-refractivity contribution in [3.05, 3.63) is 94.5 Å². The van der Waals surface area contributed by atoms with Crippen LogP contribution in [0.2, 0.25) is 0 Å². The highest BCUT2D eigenvalue weighted by Gasteiger charge is 2.11. The first-order valence-corrected chi connectivity index (χ1v) is 9.25. The fraction of sp³-hybridized carbons (Fsp3) is 0.0870. The topological polar surface area (TPSA) is 85.9 Å². The molecule has 0 aliphatic rings. The van der Waals surface area contributed by atoms with Crippen LogP contribution < -0.4 is 15.0 Å². The summed E-state index contributed by atoms with van der Waals surface area (Å²) < 4.78 is 12.1. The highest BCUT2D eigenvalue weighted by molar-refractivity contribution is 5.81. The lowest BCUT2D eigenvalue weighted by atomic mass is 10.2. The van der Waals surface area contributed by atoms with Crippen LogP contribution >= 0.6 is 0 Å². The summed E-state index contributed by atoms with van der Waals surface area (Å²) in [4.78, 5) is 17.6. The minimum Gasteiger partial charge on any atom is -0.504 e. The van der Waals surface area contributed by atoms with E-state index in [1.165, 1.54) is 24.1 Å². The zero-order valence-corrected chi connectivity index (χ0v) is 16.2. The average Bonchev–Trinajstić information content (AvgIpc) is 2.79. The van der Waals surface area contributed by atoms with Gasteiger partial charge in [-0.1, -0.05) is 30.3 Å². The van der Waals surface area contributed by atoms with E-state index in [0.717, 1.165) is 0 Å². The number of hydrogen-bond donors (Lipinski definition) is 1. The molecule has 1 N–H and O–H groups in total. The van der Waals surface area contributed by atoms with Crippen LogP contribution in [-0.4, -0.2) is 28.1 Å². The standard InChI is InChI=1S/C23H19N3O4/c1-29-21-13-16(11-12-20(21)27)14-24-26-22(15-30-17-7-3-2-4-8-17)25-19-10-6-5-9-18(19)23(26)28/h2-14,27H,15H2,1H3/b24-14+. The van der Waals surface area contributed by atoms with Crippen LogP contribution in [0.1, 0.15) is 11.4 Å². The van der Waals surface area contributed by atoms with Crippen LogP contribution in [0.5, 0.6) is 17.2 Å². The van der Waals surface area contributed by atoms with Crippen LogP contribution in [0.3, 0.4) is 0 Å². The van der Waals surface area contributed by atoms with Crippen molar-refractivity contribution < 1.29 is 14.6 Å². The van der Waals surface area contributed by atoms with Gasteiger partial charge in [0.25, 0.3) is 5.56 Å². The molecule has 0 fully saturated rings. The second-order valence-electron chi connectivity index (χ2n) is 6.44. The van der Waals surface area contributed by atoms with Gasteiger partial charge in [0.2, 0.25) is 0 Å². The zero-order chi connectivity index (χ0) is 20.9. The molecule has 1 aromatic heterocycles. The Bertz CT molecular complexity index is 1270. The van der Waals surface area contributed by atoms with Gasteiger partial charge < -0.3 is 14.6 Å². The zero-order valence-electron chi connectivity index (χ0n) is 16.2. The van der Waals surface area contributed by atoms with Crippen LogP contribution in [0.25, 0.3) is 10.9 Å². The summed E-state index contributed by atoms with van der Waals surface area (Å²) in [6.45, 7) is 0.0698. The van der Waals surface area contributed by atoms with Crippen molar-refractivity contribution >= 4 is 17.1 Å². The van der Waals surface area contributed by atoms with Gasteiger partial charge in [0.05, 0.1) is 24.2 Å². The number of phenols is 1. The number of nitrogens with zero attached hydrogens (tertiary/aromatic N) is 3. The van der Waals surface area contributed by atoms with Gasteiger partial charge in [-0.25, -0.2) is 4.98 Å². The first kappa shape index (κ1) is 19.2. The van der Waals surface area contributed by atoms with E-state index in [-0.39, 0.29) is 17.9 Å². The average molecular weight is 401 g/mol. The molecular weight excluding hydrogens is 382 g/mol. The van der Waals surface area contributed by atoms with E-state index < -0.39 is 0 Å². The van der Waals surface area contributed by atoms with E-state index in [9.17, 15) is 9.90 Å². The third-order valence-electron chi connectivity index (χ3n) is 4.46. The number of rotatable bonds is 6. The number of fused-ring (bicyclic) bond motifs is 1. The molecule has 4 rings (SSSR count). The quantitative estimate of drug-likeness (QED) is 0.499. The number of aromatic hydroxyl groups is 1. The lowest BCUT2D eigenvalue weighted by molar-refractivity contribution is 0.289. The summed E-state index contributed by atoms with van der Waals surface area (Å²) in [5, 5.41) is 14.6. The van der Waals surface area contributed by atoms with Gasteiger partial charge >= 0.3 is 0 Å². The van der Waals surface area contributed by atoms with Gasteiger partial charge in [0.15, 0.2) is 17.3 Å². The van der Waals surface area contributed by atoms with E-state index in [1.807, 2.05) is 36.4 Å². The van der Waals surface area contributed by atoms with Gasteiger partial charge in [-0.15, -0.1) is 0 Å². The highest BCUT2D eigenvalue weighted by atomic mass is 16.5. The van der Waals surface area contributed by atoms with E-state index >= 15 is 0 Å². The molecule has 1 heterocycles. The Balaban J connectivity index is 1.74. The molecule has 0 spiro atoms. The Morgan fingerprint density at radius 3 is 2.63 bits per heavy atom. The molecule has 0 atom stereocenters. The number of ether oxygens (including phenoxy) is 2. The molecular formula is C23H19N3O4. The first-order valence-electron chi connectivity index (χ1n) is 9.25. The number of hydrogen-bond acceptors (Lipinski definition) is 6. The second-order valence-corrected chi connectivity index (χ2v) is 6.44. The Kier molecular flexibility index (Phi) is 5.43. The maximum absolute atomic E-state index is 13.0.